The molecule has 1 heterocycles. The van der Waals surface area contributed by atoms with Gasteiger partial charge in [-0.15, -0.1) is 24.5 Å². The molecule has 2 aromatic rings. The highest BCUT2D eigenvalue weighted by Gasteiger charge is 2.32. The molecule has 0 aliphatic rings. The lowest BCUT2D eigenvalue weighted by Gasteiger charge is -2.14. The Bertz CT molecular complexity index is 681. The van der Waals surface area contributed by atoms with Gasteiger partial charge in [-0.1, -0.05) is 18.2 Å². The maximum atomic E-state index is 12.2. The normalized spacial score (nSPS) is 12.2. The minimum absolute atomic E-state index is 0.000637. The van der Waals surface area contributed by atoms with Gasteiger partial charge in [0.1, 0.15) is 4.21 Å². The topological polar surface area (TPSA) is 55.4 Å². The standard InChI is InChI=1S/C11H8F3NO3S2/c12-11(13,14)18-9-5-2-1-4-8(9)15-20(16,17)10-6-3-7-19-10/h1-7,15H. The van der Waals surface area contributed by atoms with Gasteiger partial charge in [0.15, 0.2) is 5.75 Å². The minimum Gasteiger partial charge on any atom is -0.404 e. The molecule has 0 unspecified atom stereocenters. The van der Waals surface area contributed by atoms with Crippen LogP contribution in [0.2, 0.25) is 0 Å². The van der Waals surface area contributed by atoms with Gasteiger partial charge in [-0.2, -0.15) is 0 Å². The SMILES string of the molecule is O=S(=O)(Nc1ccccc1OC(F)(F)F)c1cccs1. The van der Waals surface area contributed by atoms with Crippen molar-refractivity contribution in [3.8, 4) is 5.75 Å². The summed E-state index contributed by atoms with van der Waals surface area (Å²) >= 11 is 0.955. The Morgan fingerprint density at radius 3 is 2.40 bits per heavy atom. The molecule has 0 amide bonds. The molecule has 1 aromatic carbocycles. The zero-order valence-electron chi connectivity index (χ0n) is 9.72. The lowest BCUT2D eigenvalue weighted by molar-refractivity contribution is -0.274. The molecular formula is C11H8F3NO3S2. The van der Waals surface area contributed by atoms with E-state index in [1.165, 1.54) is 30.3 Å². The Hall–Kier alpha value is -1.74. The van der Waals surface area contributed by atoms with Crippen LogP contribution in [0.3, 0.4) is 0 Å². The van der Waals surface area contributed by atoms with E-state index in [-0.39, 0.29) is 9.90 Å². The number of hydrogen-bond acceptors (Lipinski definition) is 4. The van der Waals surface area contributed by atoms with E-state index in [1.54, 1.807) is 5.38 Å². The zero-order valence-corrected chi connectivity index (χ0v) is 11.3. The quantitative estimate of drug-likeness (QED) is 0.937. The van der Waals surface area contributed by atoms with Gasteiger partial charge in [0.2, 0.25) is 0 Å². The number of para-hydroxylation sites is 2. The van der Waals surface area contributed by atoms with Gasteiger partial charge in [-0.25, -0.2) is 8.42 Å². The van der Waals surface area contributed by atoms with Crippen LogP contribution < -0.4 is 9.46 Å². The first-order valence-electron chi connectivity index (χ1n) is 5.19. The average molecular weight is 323 g/mol. The van der Waals surface area contributed by atoms with E-state index in [9.17, 15) is 21.6 Å². The van der Waals surface area contributed by atoms with E-state index in [2.05, 4.69) is 9.46 Å². The monoisotopic (exact) mass is 323 g/mol. The molecular weight excluding hydrogens is 315 g/mol. The van der Waals surface area contributed by atoms with Crippen LogP contribution in [-0.2, 0) is 10.0 Å². The summed E-state index contributed by atoms with van der Waals surface area (Å²) in [4.78, 5) is 0. The van der Waals surface area contributed by atoms with Crippen LogP contribution in [0, 0.1) is 0 Å². The summed E-state index contributed by atoms with van der Waals surface area (Å²) < 4.78 is 66.4. The molecule has 0 aliphatic heterocycles. The Labute approximate surface area is 116 Å². The molecule has 0 saturated heterocycles. The second kappa shape index (κ2) is 5.33. The fourth-order valence-electron chi connectivity index (χ4n) is 1.38. The van der Waals surface area contributed by atoms with E-state index < -0.39 is 22.1 Å². The number of ether oxygens (including phenoxy) is 1. The number of anilines is 1. The van der Waals surface area contributed by atoms with Crippen molar-refractivity contribution >= 4 is 27.0 Å². The fourth-order valence-corrected chi connectivity index (χ4v) is 3.44. The van der Waals surface area contributed by atoms with Gasteiger partial charge in [-0.05, 0) is 23.6 Å². The molecule has 9 heteroatoms. The van der Waals surface area contributed by atoms with E-state index in [4.69, 9.17) is 0 Å². The number of sulfonamides is 1. The van der Waals surface area contributed by atoms with Crippen LogP contribution in [0.25, 0.3) is 0 Å². The summed E-state index contributed by atoms with van der Waals surface area (Å²) in [6, 6.07) is 7.79. The fraction of sp³-hybridized carbons (Fsp3) is 0.0909. The van der Waals surface area contributed by atoms with Gasteiger partial charge in [0.05, 0.1) is 5.69 Å². The predicted octanol–water partition coefficient (Wildman–Crippen LogP) is 3.45. The van der Waals surface area contributed by atoms with Crippen LogP contribution in [0.15, 0.2) is 46.0 Å². The summed E-state index contributed by atoms with van der Waals surface area (Å²) in [5, 5.41) is 1.55. The number of alkyl halides is 3. The molecule has 1 aromatic heterocycles. The second-order valence-corrected chi connectivity index (χ2v) is 6.44. The molecule has 0 saturated carbocycles. The highest BCUT2D eigenvalue weighted by Crippen LogP contribution is 2.31. The van der Waals surface area contributed by atoms with Crippen molar-refractivity contribution in [3.63, 3.8) is 0 Å². The van der Waals surface area contributed by atoms with Gasteiger partial charge < -0.3 is 4.74 Å². The molecule has 0 fully saturated rings. The van der Waals surface area contributed by atoms with E-state index in [1.807, 2.05) is 0 Å². The van der Waals surface area contributed by atoms with Crippen molar-refractivity contribution in [3.05, 3.63) is 41.8 Å². The van der Waals surface area contributed by atoms with E-state index in [0.29, 0.717) is 0 Å². The second-order valence-electron chi connectivity index (χ2n) is 3.58. The molecule has 0 atom stereocenters. The maximum Gasteiger partial charge on any atom is 0.573 e. The van der Waals surface area contributed by atoms with E-state index >= 15 is 0 Å². The van der Waals surface area contributed by atoms with Gasteiger partial charge in [-0.3, -0.25) is 4.72 Å². The molecule has 2 rings (SSSR count). The third kappa shape index (κ3) is 3.64. The van der Waals surface area contributed by atoms with Crippen molar-refractivity contribution in [2.45, 2.75) is 10.6 Å². The molecule has 20 heavy (non-hydrogen) atoms. The zero-order chi connectivity index (χ0) is 14.8. The molecule has 0 bridgehead atoms. The largest absolute Gasteiger partial charge is 0.573 e. The number of nitrogens with one attached hydrogen (secondary N) is 1. The number of hydrogen-bond donors (Lipinski definition) is 1. The third-order valence-electron chi connectivity index (χ3n) is 2.12. The molecule has 4 nitrogen and oxygen atoms in total. The molecule has 0 radical (unpaired) electrons. The first-order valence-corrected chi connectivity index (χ1v) is 7.55. The molecule has 0 spiro atoms. The number of halogens is 3. The average Bonchev–Trinajstić information content (AvgIpc) is 2.83. The van der Waals surface area contributed by atoms with Crippen LogP contribution in [-0.4, -0.2) is 14.8 Å². The molecule has 108 valence electrons. The van der Waals surface area contributed by atoms with Crippen molar-refractivity contribution in [1.29, 1.82) is 0 Å². The highest BCUT2D eigenvalue weighted by atomic mass is 32.2. The summed E-state index contributed by atoms with van der Waals surface area (Å²) in [7, 11) is -3.93. The van der Waals surface area contributed by atoms with Crippen molar-refractivity contribution < 1.29 is 26.3 Å². The maximum absolute atomic E-state index is 12.2. The number of thiophene rings is 1. The number of rotatable bonds is 4. The lowest BCUT2D eigenvalue weighted by Crippen LogP contribution is -2.19. The van der Waals surface area contributed by atoms with Gasteiger partial charge >= 0.3 is 6.36 Å². The van der Waals surface area contributed by atoms with Crippen molar-refractivity contribution in [1.82, 2.24) is 0 Å². The lowest BCUT2D eigenvalue weighted by atomic mass is 10.3. The van der Waals surface area contributed by atoms with Crippen molar-refractivity contribution in [2.24, 2.45) is 0 Å². The first-order chi connectivity index (χ1) is 9.28. The highest BCUT2D eigenvalue weighted by molar-refractivity contribution is 7.94. The smallest absolute Gasteiger partial charge is 0.404 e. The van der Waals surface area contributed by atoms with Crippen molar-refractivity contribution in [2.75, 3.05) is 4.72 Å². The first kappa shape index (κ1) is 14.7. The Morgan fingerprint density at radius 2 is 1.80 bits per heavy atom. The molecule has 0 aliphatic carbocycles. The minimum atomic E-state index is -4.90. The van der Waals surface area contributed by atoms with Crippen LogP contribution in [0.4, 0.5) is 18.9 Å². The predicted molar refractivity (Wildman–Crippen MR) is 68.3 cm³/mol. The molecule has 1 N–H and O–H groups in total. The summed E-state index contributed by atoms with van der Waals surface area (Å²) in [5.74, 6) is -0.611. The summed E-state index contributed by atoms with van der Waals surface area (Å²) in [5.41, 5.74) is -0.279. The van der Waals surface area contributed by atoms with Crippen LogP contribution >= 0.6 is 11.3 Å². The summed E-state index contributed by atoms with van der Waals surface area (Å²) in [6.45, 7) is 0. The Kier molecular flexibility index (Phi) is 3.91. The van der Waals surface area contributed by atoms with E-state index in [0.717, 1.165) is 17.4 Å². The van der Waals surface area contributed by atoms with Gasteiger partial charge in [0, 0.05) is 0 Å². The third-order valence-corrected chi connectivity index (χ3v) is 4.88. The Morgan fingerprint density at radius 1 is 1.10 bits per heavy atom. The number of benzene rings is 1. The van der Waals surface area contributed by atoms with Crippen LogP contribution in [0.1, 0.15) is 0 Å². The summed E-state index contributed by atoms with van der Waals surface area (Å²) in [6.07, 6.45) is -4.90. The van der Waals surface area contributed by atoms with Gasteiger partial charge in [0.25, 0.3) is 10.0 Å². The van der Waals surface area contributed by atoms with Crippen LogP contribution in [0.5, 0.6) is 5.75 Å². The Balaban J connectivity index is 2.31.